The Bertz CT molecular complexity index is 614. The Kier molecular flexibility index (Phi) is 7.32. The summed E-state index contributed by atoms with van der Waals surface area (Å²) in [5.41, 5.74) is -0.529. The predicted molar refractivity (Wildman–Crippen MR) is 87.6 cm³/mol. The van der Waals surface area contributed by atoms with E-state index in [1.54, 1.807) is 20.8 Å². The van der Waals surface area contributed by atoms with E-state index in [1.807, 2.05) is 0 Å². The van der Waals surface area contributed by atoms with Crippen LogP contribution in [0.4, 0.5) is 9.18 Å². The molecule has 1 aromatic carbocycles. The zero-order chi connectivity index (χ0) is 19.2. The minimum absolute atomic E-state index is 0.00969. The molecule has 0 radical (unpaired) electrons. The second-order valence-corrected chi connectivity index (χ2v) is 6.65. The van der Waals surface area contributed by atoms with Crippen LogP contribution in [0.25, 0.3) is 0 Å². The van der Waals surface area contributed by atoms with Crippen LogP contribution in [0.15, 0.2) is 18.2 Å². The Morgan fingerprint density at radius 2 is 1.92 bits per heavy atom. The number of carboxylic acids is 1. The first-order chi connectivity index (χ1) is 11.5. The molecule has 1 amide bonds. The lowest BCUT2D eigenvalue weighted by molar-refractivity contribution is -0.136. The number of benzene rings is 1. The van der Waals surface area contributed by atoms with Gasteiger partial charge in [-0.2, -0.15) is 0 Å². The number of hydrogen-bond acceptors (Lipinski definition) is 5. The number of aliphatic carboxylic acids is 1. The largest absolute Gasteiger partial charge is 0.481 e. The minimum atomic E-state index is -1.37. The van der Waals surface area contributed by atoms with Crippen LogP contribution >= 0.6 is 0 Å². The van der Waals surface area contributed by atoms with Crippen molar-refractivity contribution < 1.29 is 34.0 Å². The summed E-state index contributed by atoms with van der Waals surface area (Å²) in [4.78, 5) is 22.1. The van der Waals surface area contributed by atoms with Crippen molar-refractivity contribution in [1.82, 2.24) is 5.32 Å². The molecule has 0 aromatic heterocycles. The number of amides is 1. The molecule has 8 heteroatoms. The lowest BCUT2D eigenvalue weighted by Crippen LogP contribution is -2.34. The van der Waals surface area contributed by atoms with Crippen molar-refractivity contribution in [2.75, 3.05) is 6.54 Å². The van der Waals surface area contributed by atoms with Gasteiger partial charge >= 0.3 is 12.1 Å². The van der Waals surface area contributed by atoms with Gasteiger partial charge in [-0.05, 0) is 44.4 Å². The number of alkyl carbamates (subject to hydrolysis) is 1. The fourth-order valence-corrected chi connectivity index (χ4v) is 2.07. The summed E-state index contributed by atoms with van der Waals surface area (Å²) in [6, 6.07) is 3.61. The maximum atomic E-state index is 13.8. The van der Waals surface area contributed by atoms with Gasteiger partial charge in [0, 0.05) is 6.54 Å². The molecule has 7 nitrogen and oxygen atoms in total. The van der Waals surface area contributed by atoms with Gasteiger partial charge in [-0.15, -0.1) is 0 Å². The van der Waals surface area contributed by atoms with Gasteiger partial charge in [0.15, 0.2) is 0 Å². The summed E-state index contributed by atoms with van der Waals surface area (Å²) < 4.78 is 18.9. The van der Waals surface area contributed by atoms with Crippen LogP contribution in [0, 0.1) is 5.82 Å². The van der Waals surface area contributed by atoms with E-state index in [2.05, 4.69) is 5.32 Å². The van der Waals surface area contributed by atoms with Gasteiger partial charge < -0.3 is 25.4 Å². The number of aliphatic hydroxyl groups is 2. The molecule has 0 saturated heterocycles. The van der Waals surface area contributed by atoms with Crippen molar-refractivity contribution in [1.29, 1.82) is 0 Å². The van der Waals surface area contributed by atoms with Gasteiger partial charge in [0.1, 0.15) is 17.5 Å². The second-order valence-electron chi connectivity index (χ2n) is 6.65. The van der Waals surface area contributed by atoms with Gasteiger partial charge in [-0.1, -0.05) is 12.1 Å². The van der Waals surface area contributed by atoms with Gasteiger partial charge in [-0.3, -0.25) is 4.79 Å². The Hall–Kier alpha value is -2.19. The van der Waals surface area contributed by atoms with E-state index in [9.17, 15) is 24.2 Å². The molecule has 0 fully saturated rings. The minimum Gasteiger partial charge on any atom is -0.481 e. The number of nitrogens with one attached hydrogen (secondary N) is 1. The van der Waals surface area contributed by atoms with E-state index in [1.165, 1.54) is 12.1 Å². The number of halogens is 1. The molecule has 1 rings (SSSR count). The summed E-state index contributed by atoms with van der Waals surface area (Å²) in [7, 11) is 0. The monoisotopic (exact) mass is 357 g/mol. The first kappa shape index (κ1) is 20.9. The number of carbonyl (C=O) groups is 2. The third-order valence-corrected chi connectivity index (χ3v) is 3.23. The standard InChI is InChI=1S/C17H24FNO6/c1-17(2,3)25-16(24)19-7-6-13(20)15(23)11-5-4-10(9-14(21)22)12(18)8-11/h4-5,8,13,15,20,23H,6-7,9H2,1-3H3,(H,19,24)(H,21,22). The van der Waals surface area contributed by atoms with Gasteiger partial charge in [0.25, 0.3) is 0 Å². The number of aliphatic hydroxyl groups excluding tert-OH is 2. The summed E-state index contributed by atoms with van der Waals surface area (Å²) >= 11 is 0. The molecule has 0 spiro atoms. The maximum Gasteiger partial charge on any atom is 0.407 e. The van der Waals surface area contributed by atoms with E-state index >= 15 is 0 Å². The van der Waals surface area contributed by atoms with Crippen LogP contribution in [0.5, 0.6) is 0 Å². The zero-order valence-electron chi connectivity index (χ0n) is 14.5. The Morgan fingerprint density at radius 1 is 1.28 bits per heavy atom. The highest BCUT2D eigenvalue weighted by molar-refractivity contribution is 5.70. The van der Waals surface area contributed by atoms with Crippen LogP contribution in [0.1, 0.15) is 44.4 Å². The first-order valence-corrected chi connectivity index (χ1v) is 7.82. The van der Waals surface area contributed by atoms with Crippen LogP contribution in [-0.2, 0) is 16.0 Å². The van der Waals surface area contributed by atoms with E-state index in [-0.39, 0.29) is 24.1 Å². The van der Waals surface area contributed by atoms with Crippen molar-refractivity contribution in [3.8, 4) is 0 Å². The summed E-state index contributed by atoms with van der Waals surface area (Å²) in [5, 5.41) is 31.1. The lowest BCUT2D eigenvalue weighted by atomic mass is 9.99. The predicted octanol–water partition coefficient (Wildman–Crippen LogP) is 1.76. The maximum absolute atomic E-state index is 13.8. The molecule has 4 N–H and O–H groups in total. The molecule has 1 aromatic rings. The Labute approximate surface area is 145 Å². The fraction of sp³-hybridized carbons (Fsp3) is 0.529. The second kappa shape index (κ2) is 8.77. The van der Waals surface area contributed by atoms with Gasteiger partial charge in [0.2, 0.25) is 0 Å². The normalized spacial score (nSPS) is 13.8. The number of rotatable bonds is 7. The molecule has 140 valence electrons. The van der Waals surface area contributed by atoms with Crippen molar-refractivity contribution in [2.24, 2.45) is 0 Å². The van der Waals surface area contributed by atoms with E-state index < -0.39 is 42.1 Å². The van der Waals surface area contributed by atoms with Gasteiger partial charge in [-0.25, -0.2) is 9.18 Å². The smallest absolute Gasteiger partial charge is 0.407 e. The fourth-order valence-electron chi connectivity index (χ4n) is 2.07. The lowest BCUT2D eigenvalue weighted by Gasteiger charge is -2.21. The average Bonchev–Trinajstić information content (AvgIpc) is 2.46. The molecule has 0 aliphatic rings. The summed E-state index contributed by atoms with van der Waals surface area (Å²) in [5.74, 6) is -1.93. The first-order valence-electron chi connectivity index (χ1n) is 7.82. The number of carboxylic acid groups (broad SMARTS) is 1. The molecule has 0 aliphatic heterocycles. The third-order valence-electron chi connectivity index (χ3n) is 3.23. The van der Waals surface area contributed by atoms with E-state index in [0.29, 0.717) is 0 Å². The molecule has 0 aliphatic carbocycles. The van der Waals surface area contributed by atoms with E-state index in [0.717, 1.165) is 6.07 Å². The Morgan fingerprint density at radius 3 is 2.44 bits per heavy atom. The molecule has 25 heavy (non-hydrogen) atoms. The third kappa shape index (κ3) is 7.49. The molecule has 0 saturated carbocycles. The highest BCUT2D eigenvalue weighted by atomic mass is 19.1. The van der Waals surface area contributed by atoms with Crippen LogP contribution in [0.3, 0.4) is 0 Å². The SMILES string of the molecule is CC(C)(C)OC(=O)NCCC(O)C(O)c1ccc(CC(=O)O)c(F)c1. The number of hydrogen-bond donors (Lipinski definition) is 4. The molecular formula is C17H24FNO6. The Balaban J connectivity index is 2.56. The molecular weight excluding hydrogens is 333 g/mol. The average molecular weight is 357 g/mol. The highest BCUT2D eigenvalue weighted by Gasteiger charge is 2.21. The number of carbonyl (C=O) groups excluding carboxylic acids is 1. The van der Waals surface area contributed by atoms with Crippen molar-refractivity contribution in [3.05, 3.63) is 35.1 Å². The molecule has 0 bridgehead atoms. The van der Waals surface area contributed by atoms with Crippen LogP contribution in [-0.4, -0.2) is 45.6 Å². The van der Waals surface area contributed by atoms with Crippen molar-refractivity contribution in [3.63, 3.8) is 0 Å². The quantitative estimate of drug-likeness (QED) is 0.591. The molecule has 2 atom stereocenters. The summed E-state index contributed by atoms with van der Waals surface area (Å²) in [6.07, 6.45) is -3.68. The number of ether oxygens (including phenoxy) is 1. The summed E-state index contributed by atoms with van der Waals surface area (Å²) in [6.45, 7) is 5.21. The topological polar surface area (TPSA) is 116 Å². The zero-order valence-corrected chi connectivity index (χ0v) is 14.5. The van der Waals surface area contributed by atoms with Crippen LogP contribution in [0.2, 0.25) is 0 Å². The molecule has 2 unspecified atom stereocenters. The van der Waals surface area contributed by atoms with Crippen molar-refractivity contribution in [2.45, 2.75) is 51.4 Å². The van der Waals surface area contributed by atoms with Crippen molar-refractivity contribution >= 4 is 12.1 Å². The van der Waals surface area contributed by atoms with E-state index in [4.69, 9.17) is 9.84 Å². The van der Waals surface area contributed by atoms with Crippen LogP contribution < -0.4 is 5.32 Å². The van der Waals surface area contributed by atoms with Gasteiger partial charge in [0.05, 0.1) is 12.5 Å². The molecule has 0 heterocycles. The highest BCUT2D eigenvalue weighted by Crippen LogP contribution is 2.21.